The molecule has 9 heteroatoms. The highest BCUT2D eigenvalue weighted by atomic mass is 32.2. The zero-order chi connectivity index (χ0) is 16.4. The molecule has 21 heavy (non-hydrogen) atoms. The number of benzene rings is 1. The van der Waals surface area contributed by atoms with E-state index in [2.05, 4.69) is 4.72 Å². The van der Waals surface area contributed by atoms with E-state index in [0.717, 1.165) is 24.5 Å². The third kappa shape index (κ3) is 4.47. The lowest BCUT2D eigenvalue weighted by molar-refractivity contribution is 0.227. The van der Waals surface area contributed by atoms with Crippen LogP contribution in [0.15, 0.2) is 28.0 Å². The van der Waals surface area contributed by atoms with Gasteiger partial charge in [0.1, 0.15) is 10.7 Å². The molecule has 2 N–H and O–H groups in total. The quantitative estimate of drug-likeness (QED) is 0.736. The summed E-state index contributed by atoms with van der Waals surface area (Å²) in [7, 11) is -7.94. The molecule has 0 spiro atoms. The van der Waals surface area contributed by atoms with Gasteiger partial charge >= 0.3 is 0 Å². The Labute approximate surface area is 124 Å². The lowest BCUT2D eigenvalue weighted by Crippen LogP contribution is -2.41. The summed E-state index contributed by atoms with van der Waals surface area (Å²) in [6.07, 6.45) is 0.898. The van der Waals surface area contributed by atoms with Crippen molar-refractivity contribution in [3.8, 4) is 0 Å². The van der Waals surface area contributed by atoms with Gasteiger partial charge in [0.15, 0.2) is 9.84 Å². The Bertz CT molecular complexity index is 713. The first-order valence-corrected chi connectivity index (χ1v) is 9.49. The topological polar surface area (TPSA) is 101 Å². The summed E-state index contributed by atoms with van der Waals surface area (Å²) in [5.41, 5.74) is 0. The van der Waals surface area contributed by atoms with E-state index in [-0.39, 0.29) is 10.8 Å². The number of nitrogens with one attached hydrogen (secondary N) is 1. The SMILES string of the molecule is CC(C)C(CO)NS(=O)(=O)c1cc(S(C)(=O)=O)ccc1F. The summed E-state index contributed by atoms with van der Waals surface area (Å²) in [6, 6.07) is 1.75. The van der Waals surface area contributed by atoms with Gasteiger partial charge in [0, 0.05) is 12.3 Å². The van der Waals surface area contributed by atoms with Gasteiger partial charge in [-0.2, -0.15) is 0 Å². The highest BCUT2D eigenvalue weighted by molar-refractivity contribution is 7.91. The van der Waals surface area contributed by atoms with E-state index >= 15 is 0 Å². The van der Waals surface area contributed by atoms with Gasteiger partial charge in [-0.15, -0.1) is 0 Å². The van der Waals surface area contributed by atoms with Gasteiger partial charge in [0.25, 0.3) is 0 Å². The van der Waals surface area contributed by atoms with Gasteiger partial charge < -0.3 is 5.11 Å². The van der Waals surface area contributed by atoms with E-state index in [0.29, 0.717) is 0 Å². The lowest BCUT2D eigenvalue weighted by Gasteiger charge is -2.20. The van der Waals surface area contributed by atoms with Crippen molar-refractivity contribution in [2.75, 3.05) is 12.9 Å². The van der Waals surface area contributed by atoms with E-state index in [1.54, 1.807) is 13.8 Å². The van der Waals surface area contributed by atoms with E-state index in [9.17, 15) is 21.2 Å². The third-order valence-corrected chi connectivity index (χ3v) is 5.54. The first-order valence-electron chi connectivity index (χ1n) is 6.12. The molecule has 0 saturated carbocycles. The van der Waals surface area contributed by atoms with Crippen molar-refractivity contribution in [3.05, 3.63) is 24.0 Å². The van der Waals surface area contributed by atoms with Gasteiger partial charge in [-0.05, 0) is 24.1 Å². The third-order valence-electron chi connectivity index (χ3n) is 2.93. The Balaban J connectivity index is 3.31. The molecule has 1 aromatic rings. The van der Waals surface area contributed by atoms with Crippen LogP contribution in [-0.4, -0.2) is 40.8 Å². The van der Waals surface area contributed by atoms with Crippen molar-refractivity contribution >= 4 is 19.9 Å². The Hall–Kier alpha value is -1.03. The second-order valence-electron chi connectivity index (χ2n) is 5.02. The van der Waals surface area contributed by atoms with Crippen molar-refractivity contribution in [2.24, 2.45) is 5.92 Å². The molecule has 0 aliphatic heterocycles. The normalized spacial score (nSPS) is 14.4. The first kappa shape index (κ1) is 18.0. The van der Waals surface area contributed by atoms with Crippen LogP contribution >= 0.6 is 0 Å². The van der Waals surface area contributed by atoms with Crippen LogP contribution in [0.3, 0.4) is 0 Å². The fraction of sp³-hybridized carbons (Fsp3) is 0.500. The Morgan fingerprint density at radius 3 is 2.24 bits per heavy atom. The number of hydrogen-bond acceptors (Lipinski definition) is 5. The van der Waals surface area contributed by atoms with Gasteiger partial charge in [0.2, 0.25) is 10.0 Å². The predicted molar refractivity (Wildman–Crippen MR) is 75.5 cm³/mol. The standard InChI is InChI=1S/C12H18FNO5S2/c1-8(2)11(7-15)14-21(18,19)12-6-9(20(3,16)17)4-5-10(12)13/h4-6,8,11,14-15H,7H2,1-3H3. The molecule has 1 rings (SSSR count). The molecule has 0 heterocycles. The summed E-state index contributed by atoms with van der Waals surface area (Å²) in [6.45, 7) is 2.92. The highest BCUT2D eigenvalue weighted by Gasteiger charge is 2.26. The minimum atomic E-state index is -4.28. The molecule has 1 unspecified atom stereocenters. The lowest BCUT2D eigenvalue weighted by atomic mass is 10.1. The van der Waals surface area contributed by atoms with Crippen molar-refractivity contribution < 1.29 is 26.3 Å². The number of rotatable bonds is 6. The second kappa shape index (κ2) is 6.39. The molecular formula is C12H18FNO5S2. The molecule has 0 fully saturated rings. The second-order valence-corrected chi connectivity index (χ2v) is 8.72. The molecule has 120 valence electrons. The van der Waals surface area contributed by atoms with Crippen LogP contribution in [0.25, 0.3) is 0 Å². The van der Waals surface area contributed by atoms with E-state index in [1.807, 2.05) is 0 Å². The summed E-state index contributed by atoms with van der Waals surface area (Å²) in [4.78, 5) is -1.06. The molecule has 0 aromatic heterocycles. The van der Waals surface area contributed by atoms with Crippen molar-refractivity contribution in [2.45, 2.75) is 29.7 Å². The van der Waals surface area contributed by atoms with E-state index < -0.39 is 43.2 Å². The molecule has 0 radical (unpaired) electrons. The number of aliphatic hydroxyl groups is 1. The first-order chi connectivity index (χ1) is 9.49. The largest absolute Gasteiger partial charge is 0.395 e. The average Bonchev–Trinajstić information content (AvgIpc) is 2.34. The number of aliphatic hydroxyl groups excluding tert-OH is 1. The van der Waals surface area contributed by atoms with Crippen LogP contribution in [0.5, 0.6) is 0 Å². The molecule has 0 amide bonds. The molecule has 0 bridgehead atoms. The highest BCUT2D eigenvalue weighted by Crippen LogP contribution is 2.20. The van der Waals surface area contributed by atoms with Crippen LogP contribution in [0.1, 0.15) is 13.8 Å². The van der Waals surface area contributed by atoms with E-state index in [4.69, 9.17) is 5.11 Å². The molecule has 6 nitrogen and oxygen atoms in total. The fourth-order valence-corrected chi connectivity index (χ4v) is 3.77. The predicted octanol–water partition coefficient (Wildman–Crippen LogP) is 0.524. The number of sulfone groups is 1. The fourth-order valence-electron chi connectivity index (χ4n) is 1.57. The molecule has 0 aliphatic carbocycles. The van der Waals surface area contributed by atoms with Gasteiger partial charge in [-0.25, -0.2) is 25.9 Å². The summed E-state index contributed by atoms with van der Waals surface area (Å²) < 4.78 is 63.1. The number of sulfonamides is 1. The minimum absolute atomic E-state index is 0.217. The monoisotopic (exact) mass is 339 g/mol. The maximum Gasteiger partial charge on any atom is 0.243 e. The van der Waals surface area contributed by atoms with Gasteiger partial charge in [0.05, 0.1) is 11.5 Å². The molecule has 1 aromatic carbocycles. The summed E-state index contributed by atoms with van der Waals surface area (Å²) in [5.74, 6) is -1.28. The minimum Gasteiger partial charge on any atom is -0.395 e. The maximum absolute atomic E-state index is 13.7. The van der Waals surface area contributed by atoms with Crippen LogP contribution in [0.4, 0.5) is 4.39 Å². The van der Waals surface area contributed by atoms with E-state index in [1.165, 1.54) is 0 Å². The molecule has 1 atom stereocenters. The zero-order valence-electron chi connectivity index (χ0n) is 11.9. The van der Waals surface area contributed by atoms with Crippen molar-refractivity contribution in [3.63, 3.8) is 0 Å². The van der Waals surface area contributed by atoms with Crippen molar-refractivity contribution in [1.29, 1.82) is 0 Å². The maximum atomic E-state index is 13.7. The number of halogens is 1. The Morgan fingerprint density at radius 1 is 1.24 bits per heavy atom. The molecule has 0 aliphatic rings. The molecule has 0 saturated heterocycles. The Kier molecular flexibility index (Phi) is 5.48. The van der Waals surface area contributed by atoms with Gasteiger partial charge in [-0.1, -0.05) is 13.8 Å². The summed E-state index contributed by atoms with van der Waals surface area (Å²) >= 11 is 0. The smallest absolute Gasteiger partial charge is 0.243 e. The zero-order valence-corrected chi connectivity index (χ0v) is 13.5. The Morgan fingerprint density at radius 2 is 1.81 bits per heavy atom. The van der Waals surface area contributed by atoms with Crippen LogP contribution < -0.4 is 4.72 Å². The number of hydrogen-bond donors (Lipinski definition) is 2. The van der Waals surface area contributed by atoms with Crippen LogP contribution in [0.2, 0.25) is 0 Å². The average molecular weight is 339 g/mol. The van der Waals surface area contributed by atoms with Gasteiger partial charge in [-0.3, -0.25) is 0 Å². The van der Waals surface area contributed by atoms with Crippen LogP contribution in [0, 0.1) is 11.7 Å². The summed E-state index contributed by atoms with van der Waals surface area (Å²) in [5, 5.41) is 9.14. The molecular weight excluding hydrogens is 321 g/mol. The van der Waals surface area contributed by atoms with Crippen LogP contribution in [-0.2, 0) is 19.9 Å². The van der Waals surface area contributed by atoms with Crippen molar-refractivity contribution in [1.82, 2.24) is 4.72 Å².